The zero-order chi connectivity index (χ0) is 18.4. The molecule has 0 spiro atoms. The summed E-state index contributed by atoms with van der Waals surface area (Å²) in [5.41, 5.74) is 1.64. The maximum Gasteiger partial charge on any atom is 0.258 e. The fourth-order valence-corrected chi connectivity index (χ4v) is 2.83. The number of amides is 2. The van der Waals surface area contributed by atoms with Gasteiger partial charge in [-0.2, -0.15) is 0 Å². The highest BCUT2D eigenvalue weighted by atomic mass is 127. The van der Waals surface area contributed by atoms with E-state index in [1.807, 2.05) is 6.07 Å². The molecule has 0 aromatic heterocycles. The van der Waals surface area contributed by atoms with Crippen LogP contribution in [0.3, 0.4) is 0 Å². The number of carbonyl (C=O) groups excluding carboxylic acids is 2. The Morgan fingerprint density at radius 3 is 2.48 bits per heavy atom. The minimum atomic E-state index is -0.392. The van der Waals surface area contributed by atoms with Crippen LogP contribution in [0.4, 0.5) is 11.4 Å². The van der Waals surface area contributed by atoms with E-state index in [-0.39, 0.29) is 11.0 Å². The Labute approximate surface area is 169 Å². The van der Waals surface area contributed by atoms with Crippen LogP contribution in [0.15, 0.2) is 42.5 Å². The molecule has 0 atom stereocenters. The summed E-state index contributed by atoms with van der Waals surface area (Å²) in [4.78, 5) is 23.7. The van der Waals surface area contributed by atoms with Gasteiger partial charge in [0.15, 0.2) is 5.11 Å². The van der Waals surface area contributed by atoms with E-state index < -0.39 is 5.91 Å². The van der Waals surface area contributed by atoms with Crippen molar-refractivity contribution in [2.45, 2.75) is 13.3 Å². The molecule has 0 aliphatic rings. The monoisotopic (exact) mass is 487 g/mol. The Hall–Kier alpha value is -1.71. The van der Waals surface area contributed by atoms with Gasteiger partial charge in [0.1, 0.15) is 0 Å². The molecule has 2 rings (SSSR count). The van der Waals surface area contributed by atoms with Gasteiger partial charge >= 0.3 is 0 Å². The summed E-state index contributed by atoms with van der Waals surface area (Å²) < 4.78 is 0.894. The minimum absolute atomic E-state index is 0.0821. The molecule has 0 saturated heterocycles. The zero-order valence-electron chi connectivity index (χ0n) is 13.2. The molecule has 0 heterocycles. The third kappa shape index (κ3) is 5.94. The number of hydrogen-bond donors (Lipinski definition) is 3. The van der Waals surface area contributed by atoms with E-state index in [0.29, 0.717) is 28.4 Å². The number of rotatable bonds is 4. The van der Waals surface area contributed by atoms with Gasteiger partial charge in [0.05, 0.1) is 10.6 Å². The maximum atomic E-state index is 12.3. The molecule has 2 amide bonds. The number of benzene rings is 2. The Kier molecular flexibility index (Phi) is 7.15. The van der Waals surface area contributed by atoms with E-state index in [2.05, 4.69) is 38.5 Å². The standard InChI is InChI=1S/C17H15ClIN3O2S/c1-2-15(23)20-11-4-3-5-12(9-11)21-17(25)22-16(24)13-8-10(19)6-7-14(13)18/h3-9H,2H2,1H3,(H,20,23)(H2,21,22,24,25). The van der Waals surface area contributed by atoms with Crippen LogP contribution in [-0.2, 0) is 4.79 Å². The van der Waals surface area contributed by atoms with Crippen molar-refractivity contribution in [3.05, 3.63) is 56.6 Å². The van der Waals surface area contributed by atoms with Crippen LogP contribution in [0.25, 0.3) is 0 Å². The van der Waals surface area contributed by atoms with Crippen LogP contribution in [0.1, 0.15) is 23.7 Å². The third-order valence-electron chi connectivity index (χ3n) is 3.13. The van der Waals surface area contributed by atoms with Crippen molar-refractivity contribution in [3.8, 4) is 0 Å². The molecule has 0 bridgehead atoms. The van der Waals surface area contributed by atoms with Crippen LogP contribution in [0.2, 0.25) is 5.02 Å². The Morgan fingerprint density at radius 2 is 1.80 bits per heavy atom. The number of halogens is 2. The molecule has 3 N–H and O–H groups in total. The highest BCUT2D eigenvalue weighted by molar-refractivity contribution is 14.1. The summed E-state index contributed by atoms with van der Waals surface area (Å²) in [5.74, 6) is -0.474. The van der Waals surface area contributed by atoms with Crippen molar-refractivity contribution in [1.82, 2.24) is 5.32 Å². The second-order valence-electron chi connectivity index (χ2n) is 5.01. The smallest absolute Gasteiger partial charge is 0.258 e. The molecule has 5 nitrogen and oxygen atoms in total. The molecule has 130 valence electrons. The first-order valence-corrected chi connectivity index (χ1v) is 9.23. The molecular formula is C17H15ClIN3O2S. The van der Waals surface area contributed by atoms with Gasteiger partial charge in [0.25, 0.3) is 5.91 Å². The average molecular weight is 488 g/mol. The van der Waals surface area contributed by atoms with Crippen molar-refractivity contribution < 1.29 is 9.59 Å². The normalized spacial score (nSPS) is 10.0. The van der Waals surface area contributed by atoms with E-state index >= 15 is 0 Å². The van der Waals surface area contributed by atoms with Crippen molar-refractivity contribution in [1.29, 1.82) is 0 Å². The largest absolute Gasteiger partial charge is 0.332 e. The quantitative estimate of drug-likeness (QED) is 0.441. The summed E-state index contributed by atoms with van der Waals surface area (Å²) in [6.07, 6.45) is 0.392. The first-order chi connectivity index (χ1) is 11.9. The summed E-state index contributed by atoms with van der Waals surface area (Å²) in [7, 11) is 0. The Balaban J connectivity index is 2.02. The average Bonchev–Trinajstić information content (AvgIpc) is 2.57. The highest BCUT2D eigenvalue weighted by Crippen LogP contribution is 2.19. The molecule has 8 heteroatoms. The predicted molar refractivity (Wildman–Crippen MR) is 113 cm³/mol. The van der Waals surface area contributed by atoms with E-state index in [1.165, 1.54) is 0 Å². The fourth-order valence-electron chi connectivity index (χ4n) is 1.93. The van der Waals surface area contributed by atoms with E-state index in [4.69, 9.17) is 23.8 Å². The molecule has 0 radical (unpaired) electrons. The molecule has 0 aliphatic heterocycles. The number of carbonyl (C=O) groups is 2. The topological polar surface area (TPSA) is 70.2 Å². The Morgan fingerprint density at radius 1 is 1.12 bits per heavy atom. The number of anilines is 2. The summed E-state index contributed by atoms with van der Waals surface area (Å²) in [6, 6.07) is 12.2. The van der Waals surface area contributed by atoms with Crippen molar-refractivity contribution in [2.24, 2.45) is 0 Å². The van der Waals surface area contributed by atoms with Crippen LogP contribution in [-0.4, -0.2) is 16.9 Å². The van der Waals surface area contributed by atoms with E-state index in [1.54, 1.807) is 43.3 Å². The Bertz CT molecular complexity index is 829. The second kappa shape index (κ2) is 9.12. The van der Waals surface area contributed by atoms with Crippen molar-refractivity contribution in [3.63, 3.8) is 0 Å². The van der Waals surface area contributed by atoms with Gasteiger partial charge in [-0.3, -0.25) is 14.9 Å². The molecule has 25 heavy (non-hydrogen) atoms. The lowest BCUT2D eigenvalue weighted by atomic mass is 10.2. The molecule has 0 unspecified atom stereocenters. The van der Waals surface area contributed by atoms with Gasteiger partial charge in [0.2, 0.25) is 5.91 Å². The van der Waals surface area contributed by atoms with E-state index in [9.17, 15) is 9.59 Å². The van der Waals surface area contributed by atoms with Gasteiger partial charge in [-0.05, 0) is 71.2 Å². The highest BCUT2D eigenvalue weighted by Gasteiger charge is 2.12. The zero-order valence-corrected chi connectivity index (χ0v) is 17.0. The third-order valence-corrected chi connectivity index (χ3v) is 4.33. The van der Waals surface area contributed by atoms with Gasteiger partial charge in [-0.25, -0.2) is 0 Å². The van der Waals surface area contributed by atoms with Gasteiger partial charge in [-0.15, -0.1) is 0 Å². The molecule has 0 saturated carbocycles. The molecule has 0 fully saturated rings. The number of hydrogen-bond acceptors (Lipinski definition) is 3. The summed E-state index contributed by atoms with van der Waals surface area (Å²) in [5, 5.41) is 8.75. The first-order valence-electron chi connectivity index (χ1n) is 7.36. The van der Waals surface area contributed by atoms with Gasteiger partial charge in [0, 0.05) is 21.4 Å². The number of thiocarbonyl (C=S) groups is 1. The second-order valence-corrected chi connectivity index (χ2v) is 7.08. The first kappa shape index (κ1) is 19.6. The van der Waals surface area contributed by atoms with Crippen LogP contribution in [0.5, 0.6) is 0 Å². The minimum Gasteiger partial charge on any atom is -0.332 e. The summed E-state index contributed by atoms with van der Waals surface area (Å²) >= 11 is 13.3. The maximum absolute atomic E-state index is 12.3. The molecule has 2 aromatic rings. The lowest BCUT2D eigenvalue weighted by Crippen LogP contribution is -2.34. The SMILES string of the molecule is CCC(=O)Nc1cccc(NC(=S)NC(=O)c2cc(I)ccc2Cl)c1. The summed E-state index contributed by atoms with van der Waals surface area (Å²) in [6.45, 7) is 1.78. The van der Waals surface area contributed by atoms with Crippen LogP contribution in [0, 0.1) is 3.57 Å². The van der Waals surface area contributed by atoms with Crippen LogP contribution < -0.4 is 16.0 Å². The fraction of sp³-hybridized carbons (Fsp3) is 0.118. The van der Waals surface area contributed by atoms with Crippen molar-refractivity contribution >= 4 is 74.7 Å². The van der Waals surface area contributed by atoms with Gasteiger partial charge in [-0.1, -0.05) is 24.6 Å². The molecule has 2 aromatic carbocycles. The molecular weight excluding hydrogens is 473 g/mol. The van der Waals surface area contributed by atoms with E-state index in [0.717, 1.165) is 3.57 Å². The molecule has 0 aliphatic carbocycles. The number of nitrogens with one attached hydrogen (secondary N) is 3. The van der Waals surface area contributed by atoms with Crippen LogP contribution >= 0.6 is 46.4 Å². The van der Waals surface area contributed by atoms with Gasteiger partial charge < -0.3 is 10.6 Å². The predicted octanol–water partition coefficient (Wildman–Crippen LogP) is 4.42. The lowest BCUT2D eigenvalue weighted by Gasteiger charge is -2.12. The van der Waals surface area contributed by atoms with Crippen molar-refractivity contribution in [2.75, 3.05) is 10.6 Å². The lowest BCUT2D eigenvalue weighted by molar-refractivity contribution is -0.115.